The highest BCUT2D eigenvalue weighted by Crippen LogP contribution is 2.37. The van der Waals surface area contributed by atoms with Gasteiger partial charge in [-0.05, 0) is 50.5 Å². The zero-order valence-corrected chi connectivity index (χ0v) is 12.4. The molecule has 0 N–H and O–H groups in total. The second-order valence-electron chi connectivity index (χ2n) is 5.77. The molecule has 0 fully saturated rings. The first kappa shape index (κ1) is 12.5. The lowest BCUT2D eigenvalue weighted by Crippen LogP contribution is -1.88. The van der Waals surface area contributed by atoms with Crippen LogP contribution in [0.2, 0.25) is 0 Å². The molecule has 0 saturated carbocycles. The molecule has 5 aromatic carbocycles. The van der Waals surface area contributed by atoms with Crippen LogP contribution in [0.15, 0.2) is 78.9 Å². The minimum Gasteiger partial charge on any atom is -0.457 e. The van der Waals surface area contributed by atoms with Crippen LogP contribution in [0.1, 0.15) is 0 Å². The van der Waals surface area contributed by atoms with Crippen molar-refractivity contribution in [1.82, 2.24) is 0 Å². The Labute approximate surface area is 134 Å². The monoisotopic (exact) mass is 293 g/mol. The molecule has 0 aliphatic heterocycles. The lowest BCUT2D eigenvalue weighted by atomic mass is 9.94. The molecular weight excluding hydrogens is 280 g/mol. The van der Waals surface area contributed by atoms with Crippen LogP contribution in [0.3, 0.4) is 0 Å². The fourth-order valence-corrected chi connectivity index (χ4v) is 3.31. The van der Waals surface area contributed by atoms with Crippen LogP contribution < -0.4 is 4.74 Å². The van der Waals surface area contributed by atoms with E-state index in [0.717, 1.165) is 16.9 Å². The molecule has 1 heteroatoms. The van der Waals surface area contributed by atoms with Gasteiger partial charge in [0.15, 0.2) is 0 Å². The zero-order chi connectivity index (χ0) is 15.2. The normalized spacial score (nSPS) is 11.5. The van der Waals surface area contributed by atoms with Crippen LogP contribution in [0.5, 0.6) is 11.5 Å². The molecule has 0 spiro atoms. The van der Waals surface area contributed by atoms with Crippen LogP contribution in [-0.4, -0.2) is 0 Å². The summed E-state index contributed by atoms with van der Waals surface area (Å²) < 4.78 is 5.97. The average molecular weight is 293 g/mol. The van der Waals surface area contributed by atoms with Crippen molar-refractivity contribution in [3.8, 4) is 11.5 Å². The Morgan fingerprint density at radius 2 is 1.35 bits per heavy atom. The van der Waals surface area contributed by atoms with E-state index in [1.54, 1.807) is 0 Å². The molecule has 0 bridgehead atoms. The van der Waals surface area contributed by atoms with Crippen molar-refractivity contribution in [3.63, 3.8) is 0 Å². The fourth-order valence-electron chi connectivity index (χ4n) is 3.31. The standard InChI is InChI=1S/C22H13O/c1-2-7-19(8-3-1)23-20-13-17-11-9-15-5-4-6-16-10-12-18(14-20)22(17)21(15)16/h1-13H. The van der Waals surface area contributed by atoms with Gasteiger partial charge in [-0.1, -0.05) is 60.7 Å². The Morgan fingerprint density at radius 1 is 0.609 bits per heavy atom. The lowest BCUT2D eigenvalue weighted by molar-refractivity contribution is 0.483. The quantitative estimate of drug-likeness (QED) is 0.353. The van der Waals surface area contributed by atoms with Gasteiger partial charge in [0, 0.05) is 6.07 Å². The van der Waals surface area contributed by atoms with Crippen LogP contribution in [0.4, 0.5) is 0 Å². The van der Waals surface area contributed by atoms with E-state index in [1.165, 1.54) is 26.9 Å². The third-order valence-electron chi connectivity index (χ3n) is 4.32. The van der Waals surface area contributed by atoms with Crippen molar-refractivity contribution >= 4 is 32.3 Å². The third kappa shape index (κ3) is 1.94. The highest BCUT2D eigenvalue weighted by Gasteiger charge is 2.10. The Hall–Kier alpha value is -3.06. The van der Waals surface area contributed by atoms with Crippen LogP contribution in [0, 0.1) is 6.07 Å². The molecule has 0 unspecified atom stereocenters. The van der Waals surface area contributed by atoms with E-state index in [0.29, 0.717) is 0 Å². The summed E-state index contributed by atoms with van der Waals surface area (Å²) in [7, 11) is 0. The summed E-state index contributed by atoms with van der Waals surface area (Å²) in [5, 5.41) is 7.40. The summed E-state index contributed by atoms with van der Waals surface area (Å²) in [5.41, 5.74) is 0. The minimum atomic E-state index is 0.752. The van der Waals surface area contributed by atoms with Crippen LogP contribution >= 0.6 is 0 Å². The Balaban J connectivity index is 1.78. The van der Waals surface area contributed by atoms with E-state index in [1.807, 2.05) is 30.3 Å². The maximum atomic E-state index is 5.97. The van der Waals surface area contributed by atoms with Gasteiger partial charge in [0.1, 0.15) is 11.5 Å². The Bertz CT molecular complexity index is 1060. The molecule has 107 valence electrons. The molecule has 5 aromatic rings. The van der Waals surface area contributed by atoms with Gasteiger partial charge in [-0.3, -0.25) is 0 Å². The lowest BCUT2D eigenvalue weighted by Gasteiger charge is -2.12. The van der Waals surface area contributed by atoms with Gasteiger partial charge in [0.05, 0.1) is 0 Å². The van der Waals surface area contributed by atoms with Gasteiger partial charge in [0.25, 0.3) is 0 Å². The second-order valence-corrected chi connectivity index (χ2v) is 5.77. The van der Waals surface area contributed by atoms with Gasteiger partial charge in [-0.2, -0.15) is 0 Å². The molecule has 5 rings (SSSR count). The number of hydrogen-bond donors (Lipinski definition) is 0. The highest BCUT2D eigenvalue weighted by molar-refractivity contribution is 6.23. The van der Waals surface area contributed by atoms with E-state index in [2.05, 4.69) is 54.6 Å². The molecule has 0 aromatic heterocycles. The fraction of sp³-hybridized carbons (Fsp3) is 0. The van der Waals surface area contributed by atoms with Crippen molar-refractivity contribution < 1.29 is 4.74 Å². The summed E-state index contributed by atoms with van der Waals surface area (Å²) in [6, 6.07) is 30.4. The van der Waals surface area contributed by atoms with Crippen LogP contribution in [0.25, 0.3) is 32.3 Å². The molecule has 0 aliphatic carbocycles. The first-order chi connectivity index (χ1) is 11.4. The van der Waals surface area contributed by atoms with Crippen LogP contribution in [-0.2, 0) is 0 Å². The summed E-state index contributed by atoms with van der Waals surface area (Å²) in [6.45, 7) is 0. The molecule has 0 amide bonds. The van der Waals surface area contributed by atoms with Crippen molar-refractivity contribution in [2.24, 2.45) is 0 Å². The molecule has 0 saturated heterocycles. The predicted molar refractivity (Wildman–Crippen MR) is 95.5 cm³/mol. The first-order valence-corrected chi connectivity index (χ1v) is 7.71. The summed E-state index contributed by atoms with van der Waals surface area (Å²) in [4.78, 5) is 0. The van der Waals surface area contributed by atoms with Gasteiger partial charge < -0.3 is 4.74 Å². The van der Waals surface area contributed by atoms with E-state index in [-0.39, 0.29) is 0 Å². The van der Waals surface area contributed by atoms with Crippen molar-refractivity contribution in [1.29, 1.82) is 0 Å². The maximum absolute atomic E-state index is 5.97. The summed E-state index contributed by atoms with van der Waals surface area (Å²) in [5.74, 6) is 1.58. The molecular formula is C22H13O. The van der Waals surface area contributed by atoms with E-state index < -0.39 is 0 Å². The topological polar surface area (TPSA) is 9.23 Å². The van der Waals surface area contributed by atoms with Gasteiger partial charge in [-0.15, -0.1) is 0 Å². The maximum Gasteiger partial charge on any atom is 0.136 e. The molecule has 1 radical (unpaired) electrons. The van der Waals surface area contributed by atoms with Crippen molar-refractivity contribution in [2.75, 3.05) is 0 Å². The smallest absolute Gasteiger partial charge is 0.136 e. The SMILES string of the molecule is [c]1c(Oc2ccccc2)cc2ccc3cccc4ccc1c2c43. The molecule has 0 atom stereocenters. The van der Waals surface area contributed by atoms with E-state index in [9.17, 15) is 0 Å². The van der Waals surface area contributed by atoms with Gasteiger partial charge in [0.2, 0.25) is 0 Å². The molecule has 1 nitrogen and oxygen atoms in total. The van der Waals surface area contributed by atoms with Crippen molar-refractivity contribution in [2.45, 2.75) is 0 Å². The molecule has 0 heterocycles. The first-order valence-electron chi connectivity index (χ1n) is 7.71. The zero-order valence-electron chi connectivity index (χ0n) is 12.4. The third-order valence-corrected chi connectivity index (χ3v) is 4.32. The molecule has 23 heavy (non-hydrogen) atoms. The summed E-state index contributed by atoms with van der Waals surface area (Å²) >= 11 is 0. The van der Waals surface area contributed by atoms with Crippen molar-refractivity contribution in [3.05, 3.63) is 84.9 Å². The molecule has 0 aliphatic rings. The average Bonchev–Trinajstić information content (AvgIpc) is 2.60. The number of benzene rings is 5. The Morgan fingerprint density at radius 3 is 2.17 bits per heavy atom. The number of rotatable bonds is 2. The van der Waals surface area contributed by atoms with E-state index in [4.69, 9.17) is 4.74 Å². The summed E-state index contributed by atoms with van der Waals surface area (Å²) in [6.07, 6.45) is 0. The van der Waals surface area contributed by atoms with Gasteiger partial charge in [-0.25, -0.2) is 0 Å². The highest BCUT2D eigenvalue weighted by atomic mass is 16.5. The van der Waals surface area contributed by atoms with E-state index >= 15 is 0 Å². The van der Waals surface area contributed by atoms with Gasteiger partial charge >= 0.3 is 0 Å². The largest absolute Gasteiger partial charge is 0.457 e. The number of hydrogen-bond acceptors (Lipinski definition) is 1. The predicted octanol–water partition coefficient (Wildman–Crippen LogP) is 6.18. The second kappa shape index (κ2) is 4.72. The number of para-hydroxylation sites is 1. The number of ether oxygens (including phenoxy) is 1. The minimum absolute atomic E-state index is 0.752. The Kier molecular flexibility index (Phi) is 2.56.